The highest BCUT2D eigenvalue weighted by atomic mass is 16.3. The van der Waals surface area contributed by atoms with E-state index in [9.17, 15) is 5.11 Å². The third kappa shape index (κ3) is 3.08. The van der Waals surface area contributed by atoms with Gasteiger partial charge in [-0.1, -0.05) is 35.5 Å². The van der Waals surface area contributed by atoms with Crippen molar-refractivity contribution in [3.05, 3.63) is 53.9 Å². The van der Waals surface area contributed by atoms with Crippen LogP contribution < -0.4 is 0 Å². The second-order valence-electron chi connectivity index (χ2n) is 5.85. The van der Waals surface area contributed by atoms with Gasteiger partial charge in [-0.2, -0.15) is 0 Å². The summed E-state index contributed by atoms with van der Waals surface area (Å²) < 4.78 is 1.86. The van der Waals surface area contributed by atoms with Crippen molar-refractivity contribution in [3.8, 4) is 0 Å². The quantitative estimate of drug-likeness (QED) is 0.796. The van der Waals surface area contributed by atoms with Crippen molar-refractivity contribution >= 4 is 11.0 Å². The predicted molar refractivity (Wildman–Crippen MR) is 80.9 cm³/mol. The van der Waals surface area contributed by atoms with E-state index in [-0.39, 0.29) is 0 Å². The minimum atomic E-state index is -0.815. The number of hydrogen-bond acceptors (Lipinski definition) is 4. The third-order valence-electron chi connectivity index (χ3n) is 3.28. The second kappa shape index (κ2) is 5.26. The van der Waals surface area contributed by atoms with Crippen LogP contribution in [0, 0.1) is 0 Å². The number of hydrogen-bond donors (Lipinski definition) is 1. The summed E-state index contributed by atoms with van der Waals surface area (Å²) in [6, 6.07) is 12.0. The summed E-state index contributed by atoms with van der Waals surface area (Å²) >= 11 is 0. The highest BCUT2D eigenvalue weighted by molar-refractivity contribution is 5.76. The van der Waals surface area contributed by atoms with E-state index in [0.29, 0.717) is 13.0 Å². The average molecular weight is 282 g/mol. The van der Waals surface area contributed by atoms with Crippen LogP contribution in [0.15, 0.2) is 42.6 Å². The molecule has 0 aliphatic carbocycles. The SMILES string of the molecule is CC(C)(O)Cc1nccc2c1nnn2Cc1ccccc1. The molecule has 0 amide bonds. The molecular weight excluding hydrogens is 264 g/mol. The van der Waals surface area contributed by atoms with E-state index in [4.69, 9.17) is 0 Å². The molecule has 21 heavy (non-hydrogen) atoms. The summed E-state index contributed by atoms with van der Waals surface area (Å²) in [5.41, 5.74) is 2.83. The first-order valence-electron chi connectivity index (χ1n) is 6.96. The third-order valence-corrected chi connectivity index (χ3v) is 3.28. The Kier molecular flexibility index (Phi) is 3.43. The highest BCUT2D eigenvalue weighted by Crippen LogP contribution is 2.19. The molecule has 0 aliphatic heterocycles. The van der Waals surface area contributed by atoms with Crippen LogP contribution in [0.25, 0.3) is 11.0 Å². The minimum absolute atomic E-state index is 0.453. The van der Waals surface area contributed by atoms with Crippen LogP contribution in [-0.4, -0.2) is 30.7 Å². The minimum Gasteiger partial charge on any atom is -0.390 e. The summed E-state index contributed by atoms with van der Waals surface area (Å²) in [5.74, 6) is 0. The van der Waals surface area contributed by atoms with Crippen molar-refractivity contribution in [2.75, 3.05) is 0 Å². The van der Waals surface area contributed by atoms with Gasteiger partial charge in [0.05, 0.1) is 23.4 Å². The molecule has 0 radical (unpaired) electrons. The Labute approximate surface area is 123 Å². The van der Waals surface area contributed by atoms with Crippen molar-refractivity contribution in [1.82, 2.24) is 20.0 Å². The number of fused-ring (bicyclic) bond motifs is 1. The molecule has 0 unspecified atom stereocenters. The van der Waals surface area contributed by atoms with Gasteiger partial charge < -0.3 is 5.11 Å². The number of nitrogens with zero attached hydrogens (tertiary/aromatic N) is 4. The fraction of sp³-hybridized carbons (Fsp3) is 0.312. The van der Waals surface area contributed by atoms with Crippen LogP contribution in [0.1, 0.15) is 25.1 Å². The smallest absolute Gasteiger partial charge is 0.134 e. The zero-order chi connectivity index (χ0) is 14.9. The lowest BCUT2D eigenvalue weighted by molar-refractivity contribution is 0.0803. The van der Waals surface area contributed by atoms with Crippen molar-refractivity contribution in [3.63, 3.8) is 0 Å². The maximum absolute atomic E-state index is 9.98. The Hall–Kier alpha value is -2.27. The highest BCUT2D eigenvalue weighted by Gasteiger charge is 2.18. The van der Waals surface area contributed by atoms with Gasteiger partial charge in [-0.15, -0.1) is 5.10 Å². The van der Waals surface area contributed by atoms with Gasteiger partial charge in [0, 0.05) is 12.6 Å². The fourth-order valence-corrected chi connectivity index (χ4v) is 2.36. The van der Waals surface area contributed by atoms with Gasteiger partial charge in [0.1, 0.15) is 5.52 Å². The van der Waals surface area contributed by atoms with Crippen LogP contribution >= 0.6 is 0 Å². The number of pyridine rings is 1. The van der Waals surface area contributed by atoms with Gasteiger partial charge in [-0.3, -0.25) is 4.98 Å². The van der Waals surface area contributed by atoms with E-state index in [1.807, 2.05) is 28.9 Å². The Morgan fingerprint density at radius 2 is 1.90 bits per heavy atom. The molecule has 0 saturated heterocycles. The first-order valence-corrected chi connectivity index (χ1v) is 6.96. The van der Waals surface area contributed by atoms with Crippen LogP contribution in [0.4, 0.5) is 0 Å². The molecule has 0 aliphatic rings. The first kappa shape index (κ1) is 13.7. The normalized spacial score (nSPS) is 12.0. The lowest BCUT2D eigenvalue weighted by Gasteiger charge is -2.16. The molecule has 0 spiro atoms. The lowest BCUT2D eigenvalue weighted by atomic mass is 10.0. The average Bonchev–Trinajstić information content (AvgIpc) is 2.83. The van der Waals surface area contributed by atoms with Crippen LogP contribution in [-0.2, 0) is 13.0 Å². The standard InChI is InChI=1S/C16H18N4O/c1-16(2,21)10-13-15-14(8-9-17-13)20(19-18-15)11-12-6-4-3-5-7-12/h3-9,21H,10-11H2,1-2H3. The van der Waals surface area contributed by atoms with Gasteiger partial charge in [0.15, 0.2) is 0 Å². The Bertz CT molecular complexity index is 744. The molecule has 3 rings (SSSR count). The Morgan fingerprint density at radius 3 is 2.62 bits per heavy atom. The molecule has 5 nitrogen and oxygen atoms in total. The summed E-state index contributed by atoms with van der Waals surface area (Å²) in [5, 5.41) is 18.4. The van der Waals surface area contributed by atoms with Crippen molar-refractivity contribution in [2.24, 2.45) is 0 Å². The molecule has 2 aromatic heterocycles. The molecule has 0 atom stereocenters. The molecule has 5 heteroatoms. The molecule has 0 saturated carbocycles. The number of rotatable bonds is 4. The molecule has 1 N–H and O–H groups in total. The van der Waals surface area contributed by atoms with Crippen molar-refractivity contribution in [2.45, 2.75) is 32.4 Å². The topological polar surface area (TPSA) is 63.8 Å². The van der Waals surface area contributed by atoms with Gasteiger partial charge in [0.2, 0.25) is 0 Å². The zero-order valence-electron chi connectivity index (χ0n) is 12.2. The summed E-state index contributed by atoms with van der Waals surface area (Å²) in [7, 11) is 0. The molecule has 2 heterocycles. The van der Waals surface area contributed by atoms with Gasteiger partial charge in [-0.25, -0.2) is 4.68 Å². The Balaban J connectivity index is 1.97. The van der Waals surface area contributed by atoms with Crippen molar-refractivity contribution in [1.29, 1.82) is 0 Å². The summed E-state index contributed by atoms with van der Waals surface area (Å²) in [6.07, 6.45) is 2.20. The predicted octanol–water partition coefficient (Wildman–Crippen LogP) is 2.19. The molecule has 108 valence electrons. The first-order chi connectivity index (χ1) is 10.0. The van der Waals surface area contributed by atoms with Gasteiger partial charge in [-0.05, 0) is 25.5 Å². The van der Waals surface area contributed by atoms with E-state index in [1.165, 1.54) is 5.56 Å². The van der Waals surface area contributed by atoms with E-state index >= 15 is 0 Å². The Morgan fingerprint density at radius 1 is 1.14 bits per heavy atom. The zero-order valence-corrected chi connectivity index (χ0v) is 12.2. The van der Waals surface area contributed by atoms with E-state index < -0.39 is 5.60 Å². The monoisotopic (exact) mass is 282 g/mol. The molecular formula is C16H18N4O. The maximum atomic E-state index is 9.98. The lowest BCUT2D eigenvalue weighted by Crippen LogP contribution is -2.22. The van der Waals surface area contributed by atoms with Crippen LogP contribution in [0.2, 0.25) is 0 Å². The maximum Gasteiger partial charge on any atom is 0.134 e. The number of benzene rings is 1. The largest absolute Gasteiger partial charge is 0.390 e. The van der Waals surface area contributed by atoms with Crippen molar-refractivity contribution < 1.29 is 5.11 Å². The van der Waals surface area contributed by atoms with Gasteiger partial charge in [0.25, 0.3) is 0 Å². The van der Waals surface area contributed by atoms with Crippen LogP contribution in [0.3, 0.4) is 0 Å². The molecule has 0 fully saturated rings. The van der Waals surface area contributed by atoms with Crippen LogP contribution in [0.5, 0.6) is 0 Å². The molecule has 1 aromatic carbocycles. The van der Waals surface area contributed by atoms with E-state index in [1.54, 1.807) is 20.0 Å². The molecule has 3 aromatic rings. The molecule has 0 bridgehead atoms. The summed E-state index contributed by atoms with van der Waals surface area (Å²) in [6.45, 7) is 4.20. The number of aliphatic hydroxyl groups is 1. The number of aromatic nitrogens is 4. The van der Waals surface area contributed by atoms with E-state index in [0.717, 1.165) is 16.7 Å². The second-order valence-corrected chi connectivity index (χ2v) is 5.85. The van der Waals surface area contributed by atoms with E-state index in [2.05, 4.69) is 27.4 Å². The van der Waals surface area contributed by atoms with Gasteiger partial charge >= 0.3 is 0 Å². The fourth-order valence-electron chi connectivity index (χ4n) is 2.36. The summed E-state index contributed by atoms with van der Waals surface area (Å²) in [4.78, 5) is 4.34.